The van der Waals surface area contributed by atoms with E-state index in [2.05, 4.69) is 28.4 Å². The zero-order valence-corrected chi connectivity index (χ0v) is 20.5. The average Bonchev–Trinajstić information content (AvgIpc) is 3.27. The topological polar surface area (TPSA) is 95.3 Å². The van der Waals surface area contributed by atoms with Gasteiger partial charge in [-0.25, -0.2) is 4.57 Å². The van der Waals surface area contributed by atoms with E-state index in [0.29, 0.717) is 10.9 Å². The van der Waals surface area contributed by atoms with Crippen LogP contribution in [0.3, 0.4) is 0 Å². The highest BCUT2D eigenvalue weighted by Crippen LogP contribution is 2.49. The molecule has 4 aromatic rings. The molecular weight excluding hydrogens is 458 g/mol. The van der Waals surface area contributed by atoms with Crippen LogP contribution in [-0.4, -0.2) is 30.8 Å². The van der Waals surface area contributed by atoms with E-state index in [-0.39, 0.29) is 16.7 Å². The summed E-state index contributed by atoms with van der Waals surface area (Å²) in [5.41, 5.74) is 11.1. The van der Waals surface area contributed by atoms with Crippen molar-refractivity contribution in [2.24, 2.45) is 5.73 Å². The van der Waals surface area contributed by atoms with Crippen LogP contribution >= 0.6 is 11.8 Å². The SMILES string of the molecule is Cc1ccc(-n2c(=O)c3c(n4c(SCC(N)=O)nnc24)-c2ccccc2CC32CCCCC2)cc1. The Morgan fingerprint density at radius 3 is 2.54 bits per heavy atom. The summed E-state index contributed by atoms with van der Waals surface area (Å²) < 4.78 is 3.68. The molecule has 2 N–H and O–H groups in total. The van der Waals surface area contributed by atoms with Crippen molar-refractivity contribution in [3.05, 3.63) is 75.6 Å². The van der Waals surface area contributed by atoms with Crippen molar-refractivity contribution in [3.63, 3.8) is 0 Å². The molecule has 1 amide bonds. The van der Waals surface area contributed by atoms with Crippen LogP contribution in [0, 0.1) is 6.92 Å². The van der Waals surface area contributed by atoms with Crippen molar-refractivity contribution in [2.75, 3.05) is 5.75 Å². The number of nitrogens with zero attached hydrogens (tertiary/aromatic N) is 4. The maximum Gasteiger partial charge on any atom is 0.263 e. The van der Waals surface area contributed by atoms with E-state index < -0.39 is 5.91 Å². The van der Waals surface area contributed by atoms with Crippen LogP contribution < -0.4 is 11.3 Å². The van der Waals surface area contributed by atoms with Gasteiger partial charge in [-0.05, 0) is 43.9 Å². The number of carbonyl (C=O) groups excluding carboxylic acids is 1. The molecule has 0 saturated heterocycles. The van der Waals surface area contributed by atoms with Crippen molar-refractivity contribution in [2.45, 2.75) is 56.0 Å². The second-order valence-electron chi connectivity index (χ2n) is 9.75. The third kappa shape index (κ3) is 3.50. The summed E-state index contributed by atoms with van der Waals surface area (Å²) in [4.78, 5) is 26.1. The van der Waals surface area contributed by atoms with Gasteiger partial charge in [0.25, 0.3) is 5.56 Å². The zero-order chi connectivity index (χ0) is 24.2. The summed E-state index contributed by atoms with van der Waals surface area (Å²) in [5.74, 6) is 0.121. The maximum atomic E-state index is 14.5. The molecule has 0 aliphatic heterocycles. The van der Waals surface area contributed by atoms with E-state index in [4.69, 9.17) is 5.73 Å². The number of amides is 1. The van der Waals surface area contributed by atoms with Gasteiger partial charge in [0.2, 0.25) is 11.7 Å². The molecule has 2 heterocycles. The van der Waals surface area contributed by atoms with Gasteiger partial charge in [-0.1, -0.05) is 73.0 Å². The van der Waals surface area contributed by atoms with Crippen LogP contribution in [0.1, 0.15) is 48.8 Å². The number of rotatable bonds is 4. The lowest BCUT2D eigenvalue weighted by atomic mass is 9.62. The van der Waals surface area contributed by atoms with Crippen molar-refractivity contribution in [1.82, 2.24) is 19.2 Å². The molecule has 0 radical (unpaired) electrons. The first-order valence-corrected chi connectivity index (χ1v) is 13.1. The molecule has 6 rings (SSSR count). The first kappa shape index (κ1) is 22.1. The van der Waals surface area contributed by atoms with E-state index in [9.17, 15) is 9.59 Å². The number of nitrogens with two attached hydrogens (primary N) is 1. The van der Waals surface area contributed by atoms with E-state index in [1.165, 1.54) is 23.7 Å². The maximum absolute atomic E-state index is 14.5. The van der Waals surface area contributed by atoms with E-state index >= 15 is 0 Å². The minimum absolute atomic E-state index is 0.0217. The Morgan fingerprint density at radius 2 is 1.80 bits per heavy atom. The Kier molecular flexibility index (Phi) is 5.29. The summed E-state index contributed by atoms with van der Waals surface area (Å²) in [7, 11) is 0. The fourth-order valence-electron chi connectivity index (χ4n) is 5.92. The lowest BCUT2D eigenvalue weighted by molar-refractivity contribution is -0.115. The largest absolute Gasteiger partial charge is 0.369 e. The lowest BCUT2D eigenvalue weighted by Gasteiger charge is -2.42. The van der Waals surface area contributed by atoms with Gasteiger partial charge in [-0.2, -0.15) is 0 Å². The smallest absolute Gasteiger partial charge is 0.263 e. The lowest BCUT2D eigenvalue weighted by Crippen LogP contribution is -2.43. The Labute approximate surface area is 207 Å². The number of carbonyl (C=O) groups is 1. The molecule has 0 atom stereocenters. The Balaban J connectivity index is 1.75. The summed E-state index contributed by atoms with van der Waals surface area (Å²) in [6, 6.07) is 16.3. The predicted molar refractivity (Wildman–Crippen MR) is 137 cm³/mol. The first-order valence-electron chi connectivity index (χ1n) is 12.1. The summed E-state index contributed by atoms with van der Waals surface area (Å²) in [5, 5.41) is 9.48. The molecule has 8 heteroatoms. The minimum Gasteiger partial charge on any atom is -0.369 e. The normalized spacial score (nSPS) is 16.3. The van der Waals surface area contributed by atoms with Gasteiger partial charge in [0.15, 0.2) is 5.16 Å². The average molecular weight is 486 g/mol. The van der Waals surface area contributed by atoms with Crippen molar-refractivity contribution in [3.8, 4) is 16.9 Å². The molecule has 0 bridgehead atoms. The Morgan fingerprint density at radius 1 is 1.06 bits per heavy atom. The van der Waals surface area contributed by atoms with Crippen LogP contribution in [0.25, 0.3) is 22.7 Å². The van der Waals surface area contributed by atoms with Gasteiger partial charge in [-0.15, -0.1) is 10.2 Å². The molecular formula is C27H27N5O2S. The number of fused-ring (bicyclic) bond motifs is 6. The van der Waals surface area contributed by atoms with Crippen LogP contribution in [0.2, 0.25) is 0 Å². The molecule has 0 unspecified atom stereocenters. The quantitative estimate of drug-likeness (QED) is 0.437. The molecule has 1 saturated carbocycles. The van der Waals surface area contributed by atoms with Crippen LogP contribution in [-0.2, 0) is 16.6 Å². The number of hydrogen-bond donors (Lipinski definition) is 1. The van der Waals surface area contributed by atoms with E-state index in [0.717, 1.165) is 60.2 Å². The molecule has 1 fully saturated rings. The van der Waals surface area contributed by atoms with Crippen molar-refractivity contribution < 1.29 is 4.79 Å². The third-order valence-corrected chi connectivity index (χ3v) is 8.42. The molecule has 1 spiro atoms. The molecule has 2 aromatic heterocycles. The molecule has 2 aromatic carbocycles. The fraction of sp³-hybridized carbons (Fsp3) is 0.333. The number of benzene rings is 2. The van der Waals surface area contributed by atoms with Gasteiger partial charge in [0.1, 0.15) is 0 Å². The number of primary amides is 1. The van der Waals surface area contributed by atoms with Crippen LogP contribution in [0.5, 0.6) is 0 Å². The Hall–Kier alpha value is -3.39. The number of thioether (sulfide) groups is 1. The number of aromatic nitrogens is 4. The Bertz CT molecular complexity index is 1510. The number of hydrogen-bond acceptors (Lipinski definition) is 5. The van der Waals surface area contributed by atoms with Crippen molar-refractivity contribution >= 4 is 23.4 Å². The van der Waals surface area contributed by atoms with Gasteiger partial charge in [0.05, 0.1) is 17.1 Å². The second kappa shape index (κ2) is 8.37. The second-order valence-corrected chi connectivity index (χ2v) is 10.7. The zero-order valence-electron chi connectivity index (χ0n) is 19.7. The third-order valence-electron chi connectivity index (χ3n) is 7.47. The predicted octanol–water partition coefficient (Wildman–Crippen LogP) is 4.19. The van der Waals surface area contributed by atoms with Gasteiger partial charge in [0, 0.05) is 16.5 Å². The molecule has 2 aliphatic carbocycles. The van der Waals surface area contributed by atoms with Crippen molar-refractivity contribution in [1.29, 1.82) is 0 Å². The van der Waals surface area contributed by atoms with Gasteiger partial charge < -0.3 is 5.73 Å². The van der Waals surface area contributed by atoms with E-state index in [1.807, 2.05) is 41.7 Å². The van der Waals surface area contributed by atoms with Gasteiger partial charge >= 0.3 is 0 Å². The standard InChI is InChI=1S/C27H27N5O2S/c1-17-9-11-19(12-10-17)31-24(34)22-23(32-25(31)29-30-26(32)35-16-21(28)33)20-8-4-3-7-18(20)15-27(22)13-5-2-6-14-27/h3-4,7-12H,2,5-6,13-16H2,1H3,(H2,28,33). The highest BCUT2D eigenvalue weighted by Gasteiger charge is 2.44. The number of aryl methyl sites for hydroxylation is 1. The summed E-state index contributed by atoms with van der Waals surface area (Å²) in [6.07, 6.45) is 6.23. The monoisotopic (exact) mass is 485 g/mol. The molecule has 7 nitrogen and oxygen atoms in total. The molecule has 2 aliphatic rings. The van der Waals surface area contributed by atoms with E-state index in [1.54, 1.807) is 4.57 Å². The van der Waals surface area contributed by atoms with Crippen LogP contribution in [0.4, 0.5) is 0 Å². The van der Waals surface area contributed by atoms with Crippen LogP contribution in [0.15, 0.2) is 58.5 Å². The minimum atomic E-state index is -0.420. The highest BCUT2D eigenvalue weighted by atomic mass is 32.2. The first-order chi connectivity index (χ1) is 17.0. The van der Waals surface area contributed by atoms with Gasteiger partial charge in [-0.3, -0.25) is 14.0 Å². The molecule has 35 heavy (non-hydrogen) atoms. The fourth-order valence-corrected chi connectivity index (χ4v) is 6.59. The molecule has 178 valence electrons. The summed E-state index contributed by atoms with van der Waals surface area (Å²) in [6.45, 7) is 2.03. The summed E-state index contributed by atoms with van der Waals surface area (Å²) >= 11 is 1.26. The highest BCUT2D eigenvalue weighted by molar-refractivity contribution is 7.99.